The molecular formula is C12H22N2O2. The molecule has 92 valence electrons. The summed E-state index contributed by atoms with van der Waals surface area (Å²) in [5.41, 5.74) is 0. The number of carbonyl (C=O) groups is 1. The predicted octanol–water partition coefficient (Wildman–Crippen LogP) is 1.34. The highest BCUT2D eigenvalue weighted by molar-refractivity contribution is 5.75. The topological polar surface area (TPSA) is 61.4 Å². The lowest BCUT2D eigenvalue weighted by atomic mass is 10.1. The Balaban J connectivity index is 2.17. The smallest absolute Gasteiger partial charge is 0.220 e. The fraction of sp³-hybridized carbons (Fsp3) is 0.750. The van der Waals surface area contributed by atoms with Crippen LogP contribution >= 0.6 is 0 Å². The lowest BCUT2D eigenvalue weighted by Crippen LogP contribution is -2.35. The molecule has 0 aromatic heterocycles. The van der Waals surface area contributed by atoms with E-state index < -0.39 is 0 Å². The first-order valence-corrected chi connectivity index (χ1v) is 5.92. The van der Waals surface area contributed by atoms with Gasteiger partial charge in [-0.25, -0.2) is 0 Å². The quantitative estimate of drug-likeness (QED) is 0.663. The Morgan fingerprint density at radius 2 is 2.31 bits per heavy atom. The normalized spacial score (nSPS) is 24.6. The fourth-order valence-corrected chi connectivity index (χ4v) is 1.85. The first-order chi connectivity index (χ1) is 7.49. The van der Waals surface area contributed by atoms with Crippen LogP contribution in [0.25, 0.3) is 0 Å². The Kier molecular flexibility index (Phi) is 4.80. The van der Waals surface area contributed by atoms with Crippen LogP contribution in [-0.2, 0) is 4.79 Å². The van der Waals surface area contributed by atoms with E-state index in [1.807, 2.05) is 20.8 Å². The summed E-state index contributed by atoms with van der Waals surface area (Å²) >= 11 is 0. The van der Waals surface area contributed by atoms with Crippen LogP contribution in [0.2, 0.25) is 0 Å². The first kappa shape index (κ1) is 13.0. The van der Waals surface area contributed by atoms with E-state index >= 15 is 0 Å². The molecule has 4 nitrogen and oxygen atoms in total. The van der Waals surface area contributed by atoms with Gasteiger partial charge in [0.05, 0.1) is 6.04 Å². The average Bonchev–Trinajstić information content (AvgIpc) is 2.44. The Labute approximate surface area is 97.1 Å². The second-order valence-corrected chi connectivity index (χ2v) is 4.84. The van der Waals surface area contributed by atoms with E-state index in [0.29, 0.717) is 24.6 Å². The third-order valence-electron chi connectivity index (χ3n) is 2.59. The number of aliphatic hydroxyl groups excluding tert-OH is 1. The molecule has 1 rings (SSSR count). The minimum Gasteiger partial charge on any atom is -0.511 e. The van der Waals surface area contributed by atoms with E-state index in [-0.39, 0.29) is 18.0 Å². The Bertz CT molecular complexity index is 274. The highest BCUT2D eigenvalue weighted by Crippen LogP contribution is 2.12. The second kappa shape index (κ2) is 5.89. The molecule has 16 heavy (non-hydrogen) atoms. The number of hydrogen-bond donors (Lipinski definition) is 3. The van der Waals surface area contributed by atoms with Gasteiger partial charge in [0.1, 0.15) is 5.76 Å². The molecule has 0 aliphatic carbocycles. The van der Waals surface area contributed by atoms with Crippen molar-refractivity contribution in [1.82, 2.24) is 10.6 Å². The number of rotatable bonds is 5. The summed E-state index contributed by atoms with van der Waals surface area (Å²) in [5, 5.41) is 15.6. The molecule has 3 N–H and O–H groups in total. The molecular weight excluding hydrogens is 204 g/mol. The molecule has 0 saturated heterocycles. The Morgan fingerprint density at radius 1 is 1.62 bits per heavy atom. The Morgan fingerprint density at radius 3 is 2.81 bits per heavy atom. The monoisotopic (exact) mass is 226 g/mol. The molecule has 0 unspecified atom stereocenters. The number of hydrogen-bond acceptors (Lipinski definition) is 3. The molecule has 0 aromatic rings. The maximum absolute atomic E-state index is 11.4. The molecule has 1 aliphatic heterocycles. The summed E-state index contributed by atoms with van der Waals surface area (Å²) in [4.78, 5) is 11.4. The van der Waals surface area contributed by atoms with Gasteiger partial charge in [-0.3, -0.25) is 4.79 Å². The Hall–Kier alpha value is -1.03. The van der Waals surface area contributed by atoms with Crippen LogP contribution < -0.4 is 10.6 Å². The first-order valence-electron chi connectivity index (χ1n) is 5.92. The largest absolute Gasteiger partial charge is 0.511 e. The zero-order valence-corrected chi connectivity index (χ0v) is 10.3. The molecule has 0 bridgehead atoms. The van der Waals surface area contributed by atoms with Crippen molar-refractivity contribution < 1.29 is 9.90 Å². The van der Waals surface area contributed by atoms with Crippen LogP contribution in [0.4, 0.5) is 0 Å². The minimum atomic E-state index is -0.00523. The van der Waals surface area contributed by atoms with Crippen LogP contribution in [0.5, 0.6) is 0 Å². The highest BCUT2D eigenvalue weighted by Gasteiger charge is 2.21. The third kappa shape index (κ3) is 4.23. The minimum absolute atomic E-state index is 0.00523. The number of aliphatic hydroxyl groups is 1. The van der Waals surface area contributed by atoms with Crippen molar-refractivity contribution in [3.05, 3.63) is 11.8 Å². The van der Waals surface area contributed by atoms with Crippen molar-refractivity contribution >= 4 is 5.91 Å². The lowest BCUT2D eigenvalue weighted by Gasteiger charge is -2.14. The summed E-state index contributed by atoms with van der Waals surface area (Å²) in [6.45, 7) is 6.64. The average molecular weight is 226 g/mol. The van der Waals surface area contributed by atoms with Crippen molar-refractivity contribution in [2.75, 3.05) is 6.54 Å². The molecule has 0 spiro atoms. The van der Waals surface area contributed by atoms with Crippen LogP contribution in [0.1, 0.15) is 33.6 Å². The zero-order valence-electron chi connectivity index (χ0n) is 10.3. The molecule has 2 atom stereocenters. The fourth-order valence-electron chi connectivity index (χ4n) is 1.85. The van der Waals surface area contributed by atoms with Crippen molar-refractivity contribution in [2.24, 2.45) is 5.92 Å². The maximum atomic E-state index is 11.4. The maximum Gasteiger partial charge on any atom is 0.220 e. The summed E-state index contributed by atoms with van der Waals surface area (Å²) in [7, 11) is 0. The molecule has 1 amide bonds. The van der Waals surface area contributed by atoms with E-state index in [4.69, 9.17) is 0 Å². The number of carbonyl (C=O) groups excluding carboxylic acids is 1. The van der Waals surface area contributed by atoms with Gasteiger partial charge in [0.15, 0.2) is 0 Å². The summed E-state index contributed by atoms with van der Waals surface area (Å²) < 4.78 is 0. The third-order valence-corrected chi connectivity index (χ3v) is 2.59. The highest BCUT2D eigenvalue weighted by atomic mass is 16.3. The van der Waals surface area contributed by atoms with E-state index in [2.05, 4.69) is 10.6 Å². The van der Waals surface area contributed by atoms with Crippen molar-refractivity contribution in [3.63, 3.8) is 0 Å². The zero-order chi connectivity index (χ0) is 12.1. The van der Waals surface area contributed by atoms with Crippen LogP contribution in [-0.4, -0.2) is 29.6 Å². The summed E-state index contributed by atoms with van der Waals surface area (Å²) in [6, 6.07) is 0.214. The van der Waals surface area contributed by atoms with Gasteiger partial charge >= 0.3 is 0 Å². The van der Waals surface area contributed by atoms with E-state index in [0.717, 1.165) is 6.42 Å². The van der Waals surface area contributed by atoms with E-state index in [1.165, 1.54) is 0 Å². The predicted molar refractivity (Wildman–Crippen MR) is 64.2 cm³/mol. The molecule has 4 heteroatoms. The standard InChI is InChI=1S/C12H22N2O2/c1-8(2)6-12(16)13-5-4-10-11(15)7-9(3)14-10/h7-10,14-15H,4-6H2,1-3H3,(H,13,16)/t9-,10-/m1/s1. The van der Waals surface area contributed by atoms with Gasteiger partial charge in [-0.15, -0.1) is 0 Å². The number of nitrogens with one attached hydrogen (secondary N) is 2. The van der Waals surface area contributed by atoms with Gasteiger partial charge < -0.3 is 15.7 Å². The van der Waals surface area contributed by atoms with Crippen LogP contribution in [0.3, 0.4) is 0 Å². The van der Waals surface area contributed by atoms with Gasteiger partial charge in [0, 0.05) is 19.0 Å². The lowest BCUT2D eigenvalue weighted by molar-refractivity contribution is -0.121. The summed E-state index contributed by atoms with van der Waals surface area (Å²) in [5.74, 6) is 0.869. The van der Waals surface area contributed by atoms with Gasteiger partial charge in [-0.05, 0) is 25.3 Å². The SMILES string of the molecule is CC(C)CC(=O)NCC[C@H]1N[C@H](C)C=C1O. The van der Waals surface area contributed by atoms with E-state index in [9.17, 15) is 9.90 Å². The van der Waals surface area contributed by atoms with Gasteiger partial charge in [-0.1, -0.05) is 13.8 Å². The molecule has 0 aromatic carbocycles. The number of amides is 1. The van der Waals surface area contributed by atoms with Crippen LogP contribution in [0.15, 0.2) is 11.8 Å². The van der Waals surface area contributed by atoms with E-state index in [1.54, 1.807) is 6.08 Å². The van der Waals surface area contributed by atoms with Gasteiger partial charge in [0.2, 0.25) is 5.91 Å². The molecule has 0 radical (unpaired) electrons. The van der Waals surface area contributed by atoms with Crippen molar-refractivity contribution in [3.8, 4) is 0 Å². The second-order valence-electron chi connectivity index (χ2n) is 4.84. The molecule has 0 fully saturated rings. The van der Waals surface area contributed by atoms with Crippen molar-refractivity contribution in [1.29, 1.82) is 0 Å². The molecule has 1 aliphatic rings. The van der Waals surface area contributed by atoms with Crippen LogP contribution in [0, 0.1) is 5.92 Å². The van der Waals surface area contributed by atoms with Gasteiger partial charge in [-0.2, -0.15) is 0 Å². The van der Waals surface area contributed by atoms with Crippen molar-refractivity contribution in [2.45, 2.75) is 45.7 Å². The summed E-state index contributed by atoms with van der Waals surface area (Å²) in [6.07, 6.45) is 3.10. The molecule has 1 heterocycles. The van der Waals surface area contributed by atoms with Gasteiger partial charge in [0.25, 0.3) is 0 Å². The molecule has 0 saturated carbocycles.